The molecule has 40 heavy (non-hydrogen) atoms. The average molecular weight is 606 g/mol. The third-order valence-corrected chi connectivity index (χ3v) is 9.56. The predicted octanol–water partition coefficient (Wildman–Crippen LogP) is 4.63. The molecule has 8 nitrogen and oxygen atoms in total. The molecule has 2 heterocycles. The topological polar surface area (TPSA) is 82.2 Å². The molecule has 1 saturated carbocycles. The highest BCUT2D eigenvalue weighted by atomic mass is 35.5. The van der Waals surface area contributed by atoms with E-state index in [1.54, 1.807) is 30.2 Å². The van der Waals surface area contributed by atoms with Crippen LogP contribution in [-0.2, 0) is 20.8 Å². The number of hydrogen-bond acceptors (Lipinski definition) is 6. The first-order valence-corrected chi connectivity index (χ1v) is 15.1. The van der Waals surface area contributed by atoms with Crippen LogP contribution in [0.5, 0.6) is 5.75 Å². The molecule has 2 aromatic rings. The minimum atomic E-state index is -0.784. The van der Waals surface area contributed by atoms with Crippen molar-refractivity contribution in [1.82, 2.24) is 19.4 Å². The number of piperazine rings is 1. The highest BCUT2D eigenvalue weighted by molar-refractivity contribution is 7.97. The van der Waals surface area contributed by atoms with Gasteiger partial charge in [-0.25, -0.2) is 4.31 Å². The fourth-order valence-corrected chi connectivity index (χ4v) is 7.02. The number of amides is 3. The first-order valence-electron chi connectivity index (χ1n) is 13.6. The molecule has 0 aromatic heterocycles. The van der Waals surface area contributed by atoms with E-state index in [2.05, 4.69) is 9.62 Å². The highest BCUT2D eigenvalue weighted by Crippen LogP contribution is 2.39. The second kappa shape index (κ2) is 12.2. The predicted molar refractivity (Wildman–Crippen MR) is 156 cm³/mol. The second-order valence-corrected chi connectivity index (χ2v) is 12.8. The number of halogens is 2. The zero-order chi connectivity index (χ0) is 28.6. The van der Waals surface area contributed by atoms with E-state index in [0.717, 1.165) is 29.7 Å². The molecule has 0 bridgehead atoms. The van der Waals surface area contributed by atoms with Crippen LogP contribution in [0.3, 0.4) is 0 Å². The molecule has 11 heteroatoms. The van der Waals surface area contributed by atoms with Gasteiger partial charge in [-0.3, -0.25) is 14.4 Å². The van der Waals surface area contributed by atoms with Crippen LogP contribution in [-0.4, -0.2) is 76.3 Å². The van der Waals surface area contributed by atoms with Gasteiger partial charge in [-0.2, -0.15) is 0 Å². The number of nitrogens with zero attached hydrogens (tertiary/aromatic N) is 3. The van der Waals surface area contributed by atoms with Gasteiger partial charge in [0.2, 0.25) is 17.7 Å². The number of benzene rings is 2. The molecular formula is C29H34Cl2N4O4S. The van der Waals surface area contributed by atoms with Crippen molar-refractivity contribution in [2.24, 2.45) is 5.92 Å². The number of rotatable bonds is 8. The number of carbonyl (C=O) groups excluding carboxylic acids is 3. The summed E-state index contributed by atoms with van der Waals surface area (Å²) in [7, 11) is 1.60. The van der Waals surface area contributed by atoms with Gasteiger partial charge in [0.25, 0.3) is 0 Å². The Kier molecular flexibility index (Phi) is 8.85. The summed E-state index contributed by atoms with van der Waals surface area (Å²) in [4.78, 5) is 45.3. The van der Waals surface area contributed by atoms with E-state index >= 15 is 0 Å². The van der Waals surface area contributed by atoms with Gasteiger partial charge in [-0.1, -0.05) is 41.8 Å². The Bertz CT molecular complexity index is 1270. The minimum absolute atomic E-state index is 0.0546. The largest absolute Gasteiger partial charge is 0.496 e. The van der Waals surface area contributed by atoms with Crippen LogP contribution in [0.2, 0.25) is 10.0 Å². The zero-order valence-corrected chi connectivity index (χ0v) is 25.1. The summed E-state index contributed by atoms with van der Waals surface area (Å²) in [6.45, 7) is 4.60. The average Bonchev–Trinajstić information content (AvgIpc) is 2.88. The van der Waals surface area contributed by atoms with E-state index in [-0.39, 0.29) is 36.2 Å². The fraction of sp³-hybridized carbons (Fsp3) is 0.483. The Balaban J connectivity index is 1.52. The van der Waals surface area contributed by atoms with Gasteiger partial charge < -0.3 is 19.9 Å². The molecule has 3 aliphatic rings. The van der Waals surface area contributed by atoms with Crippen molar-refractivity contribution in [2.45, 2.75) is 68.7 Å². The van der Waals surface area contributed by atoms with Crippen LogP contribution in [0.25, 0.3) is 0 Å². The second-order valence-electron chi connectivity index (χ2n) is 10.8. The summed E-state index contributed by atoms with van der Waals surface area (Å²) in [5.41, 5.74) is 0.899. The molecule has 1 aliphatic carbocycles. The number of fused-ring (bicyclic) bond motifs is 1. The van der Waals surface area contributed by atoms with Crippen LogP contribution in [0.1, 0.15) is 38.7 Å². The fourth-order valence-electron chi connectivity index (χ4n) is 5.47. The van der Waals surface area contributed by atoms with Crippen molar-refractivity contribution in [2.75, 3.05) is 20.2 Å². The number of ether oxygens (including phenoxy) is 1. The summed E-state index contributed by atoms with van der Waals surface area (Å²) < 4.78 is 7.68. The molecule has 2 aromatic carbocycles. The lowest BCUT2D eigenvalue weighted by Crippen LogP contribution is -2.75. The maximum Gasteiger partial charge on any atom is 0.248 e. The maximum atomic E-state index is 14.1. The number of carbonyl (C=O) groups is 3. The van der Waals surface area contributed by atoms with E-state index in [0.29, 0.717) is 28.8 Å². The zero-order valence-electron chi connectivity index (χ0n) is 22.8. The Morgan fingerprint density at radius 2 is 1.75 bits per heavy atom. The minimum Gasteiger partial charge on any atom is -0.496 e. The summed E-state index contributed by atoms with van der Waals surface area (Å²) in [6, 6.07) is 11.2. The first kappa shape index (κ1) is 29.0. The van der Waals surface area contributed by atoms with Crippen LogP contribution < -0.4 is 10.1 Å². The Hall–Kier alpha value is -2.46. The molecule has 3 atom stereocenters. The lowest BCUT2D eigenvalue weighted by molar-refractivity contribution is -0.168. The molecule has 5 rings (SSSR count). The molecule has 3 fully saturated rings. The number of hydrogen-bond donors (Lipinski definition) is 1. The van der Waals surface area contributed by atoms with Crippen LogP contribution in [0, 0.1) is 5.92 Å². The van der Waals surface area contributed by atoms with Gasteiger partial charge in [0, 0.05) is 35.0 Å². The standard InChI is InChI=1S/C29H34Cl2N4O4S/c1-17(2)33-16-26-34(40-25-14-21(31)11-12-24(25)39-3)15-22(32-27(36)19-5-4-6-19)28(37)35(26)23(29(33)38)13-18-7-9-20(30)10-8-18/h7-12,14,17,19,22-23,26H,4-6,13,15-16H2,1-3H3,(H,32,36). The normalized spacial score (nSPS) is 23.7. The molecule has 3 amide bonds. The summed E-state index contributed by atoms with van der Waals surface area (Å²) in [6.07, 6.45) is 2.60. The molecule has 0 spiro atoms. The molecule has 2 saturated heterocycles. The van der Waals surface area contributed by atoms with E-state index in [9.17, 15) is 14.4 Å². The molecule has 1 N–H and O–H groups in total. The van der Waals surface area contributed by atoms with Gasteiger partial charge in [0.1, 0.15) is 24.0 Å². The highest BCUT2D eigenvalue weighted by Gasteiger charge is 2.52. The van der Waals surface area contributed by atoms with Crippen molar-refractivity contribution in [3.63, 3.8) is 0 Å². The van der Waals surface area contributed by atoms with E-state index < -0.39 is 18.2 Å². The van der Waals surface area contributed by atoms with Crippen LogP contribution in [0.4, 0.5) is 0 Å². The van der Waals surface area contributed by atoms with E-state index in [1.165, 1.54) is 11.9 Å². The lowest BCUT2D eigenvalue weighted by atomic mass is 9.84. The van der Waals surface area contributed by atoms with Crippen molar-refractivity contribution < 1.29 is 19.1 Å². The molecule has 3 unspecified atom stereocenters. The first-order chi connectivity index (χ1) is 19.2. The van der Waals surface area contributed by atoms with Crippen LogP contribution in [0.15, 0.2) is 47.4 Å². The summed E-state index contributed by atoms with van der Waals surface area (Å²) >= 11 is 13.9. The Morgan fingerprint density at radius 1 is 1.05 bits per heavy atom. The molecule has 2 aliphatic heterocycles. The third kappa shape index (κ3) is 5.93. The summed E-state index contributed by atoms with van der Waals surface area (Å²) in [5, 5.41) is 4.18. The third-order valence-electron chi connectivity index (χ3n) is 7.93. The van der Waals surface area contributed by atoms with Gasteiger partial charge in [0.05, 0.1) is 18.6 Å². The molecular weight excluding hydrogens is 571 g/mol. The monoisotopic (exact) mass is 604 g/mol. The lowest BCUT2D eigenvalue weighted by Gasteiger charge is -2.54. The van der Waals surface area contributed by atoms with Crippen molar-refractivity contribution in [3.8, 4) is 5.75 Å². The van der Waals surface area contributed by atoms with Crippen molar-refractivity contribution >= 4 is 52.9 Å². The van der Waals surface area contributed by atoms with Crippen molar-refractivity contribution in [1.29, 1.82) is 0 Å². The number of methoxy groups -OCH3 is 1. The van der Waals surface area contributed by atoms with Crippen molar-refractivity contribution in [3.05, 3.63) is 58.1 Å². The van der Waals surface area contributed by atoms with Gasteiger partial charge >= 0.3 is 0 Å². The maximum absolute atomic E-state index is 14.1. The van der Waals surface area contributed by atoms with E-state index in [1.807, 2.05) is 43.0 Å². The Morgan fingerprint density at radius 3 is 2.38 bits per heavy atom. The van der Waals surface area contributed by atoms with Gasteiger partial charge in [0.15, 0.2) is 0 Å². The molecule has 214 valence electrons. The van der Waals surface area contributed by atoms with Gasteiger partial charge in [-0.15, -0.1) is 0 Å². The van der Waals surface area contributed by atoms with Gasteiger partial charge in [-0.05, 0) is 74.5 Å². The molecule has 0 radical (unpaired) electrons. The summed E-state index contributed by atoms with van der Waals surface area (Å²) in [5.74, 6) is 0.144. The number of nitrogens with one attached hydrogen (secondary N) is 1. The smallest absolute Gasteiger partial charge is 0.248 e. The quantitative estimate of drug-likeness (QED) is 0.443. The Labute approximate surface area is 249 Å². The van der Waals surface area contributed by atoms with Crippen LogP contribution >= 0.6 is 35.1 Å². The van der Waals surface area contributed by atoms with E-state index in [4.69, 9.17) is 27.9 Å². The SMILES string of the molecule is COc1ccc(Cl)cc1SN1CC(NC(=O)C2CCC2)C(=O)N2C(Cc3ccc(Cl)cc3)C(=O)N(C(C)C)CC12.